The van der Waals surface area contributed by atoms with Crippen molar-refractivity contribution < 1.29 is 0 Å². The van der Waals surface area contributed by atoms with Gasteiger partial charge >= 0.3 is 0 Å². The highest BCUT2D eigenvalue weighted by molar-refractivity contribution is 6.31. The van der Waals surface area contributed by atoms with Crippen LogP contribution in [0.2, 0.25) is 0 Å². The minimum atomic E-state index is 0.784. The average Bonchev–Trinajstić information content (AvgIpc) is 1.82. The van der Waals surface area contributed by atoms with Crippen LogP contribution in [0, 0.1) is 0 Å². The first-order valence-corrected chi connectivity index (χ1v) is 4.05. The molecule has 0 nitrogen and oxygen atoms in total. The Kier molecular flexibility index (Phi) is 4.97. The van der Waals surface area contributed by atoms with Crippen LogP contribution in [0.3, 0.4) is 0 Å². The Labute approximate surface area is 74.3 Å². The summed E-state index contributed by atoms with van der Waals surface area (Å²) in [4.78, 5) is 0. The van der Waals surface area contributed by atoms with E-state index in [1.165, 1.54) is 11.1 Å². The van der Waals surface area contributed by atoms with Crippen LogP contribution < -0.4 is 0 Å². The highest BCUT2D eigenvalue weighted by Gasteiger charge is 1.83. The van der Waals surface area contributed by atoms with E-state index in [2.05, 4.69) is 0 Å². The lowest BCUT2D eigenvalue weighted by molar-refractivity contribution is 1.38. The number of hydrogen-bond donors (Lipinski definition) is 0. The number of rotatable bonds is 2. The molecule has 0 amide bonds. The molecule has 0 N–H and O–H groups in total. The summed E-state index contributed by atoms with van der Waals surface area (Å²) in [5.41, 5.74) is 2.47. The molecule has 0 aromatic rings. The van der Waals surface area contributed by atoms with Gasteiger partial charge in [-0.3, -0.25) is 0 Å². The van der Waals surface area contributed by atoms with Gasteiger partial charge in [0.05, 0.1) is 0 Å². The molecule has 0 radical (unpaired) electrons. The minimum Gasteiger partial charge on any atom is -0.0843 e. The molecule has 0 aromatic heterocycles. The smallest absolute Gasteiger partial charge is 0.0405 e. The Bertz CT molecular complexity index is 199. The Morgan fingerprint density at radius 2 is 1.45 bits per heavy atom. The molecular weight excluding hydrogens is 156 g/mol. The van der Waals surface area contributed by atoms with E-state index in [0.717, 1.165) is 5.03 Å². The average molecular weight is 171 g/mol. The summed E-state index contributed by atoms with van der Waals surface area (Å²) < 4.78 is 0. The van der Waals surface area contributed by atoms with E-state index in [9.17, 15) is 0 Å². The first kappa shape index (κ1) is 10.5. The van der Waals surface area contributed by atoms with Gasteiger partial charge in [0.25, 0.3) is 0 Å². The van der Waals surface area contributed by atoms with Gasteiger partial charge < -0.3 is 0 Å². The SMILES string of the molecule is CC(C)=C/C=C(/Cl)C=C(C)C. The maximum absolute atomic E-state index is 5.86. The normalized spacial score (nSPS) is 10.8. The quantitative estimate of drug-likeness (QED) is 0.549. The van der Waals surface area contributed by atoms with Crippen molar-refractivity contribution in [3.05, 3.63) is 34.4 Å². The molecule has 0 aliphatic heterocycles. The lowest BCUT2D eigenvalue weighted by Crippen LogP contribution is -1.67. The van der Waals surface area contributed by atoms with Gasteiger partial charge in [-0.2, -0.15) is 0 Å². The zero-order chi connectivity index (χ0) is 8.85. The van der Waals surface area contributed by atoms with Crippen LogP contribution in [0.25, 0.3) is 0 Å². The summed E-state index contributed by atoms with van der Waals surface area (Å²) in [6, 6.07) is 0. The maximum Gasteiger partial charge on any atom is 0.0405 e. The Hall–Kier alpha value is -0.490. The second kappa shape index (κ2) is 5.20. The fourth-order valence-electron chi connectivity index (χ4n) is 0.570. The predicted octanol–water partition coefficient (Wildman–Crippen LogP) is 4.04. The molecule has 11 heavy (non-hydrogen) atoms. The van der Waals surface area contributed by atoms with E-state index in [4.69, 9.17) is 11.6 Å². The Balaban J connectivity index is 4.25. The van der Waals surface area contributed by atoms with Crippen LogP contribution in [-0.4, -0.2) is 0 Å². The zero-order valence-corrected chi connectivity index (χ0v) is 8.37. The van der Waals surface area contributed by atoms with E-state index < -0.39 is 0 Å². The van der Waals surface area contributed by atoms with Crippen molar-refractivity contribution in [3.8, 4) is 0 Å². The van der Waals surface area contributed by atoms with Crippen molar-refractivity contribution in [2.75, 3.05) is 0 Å². The fourth-order valence-corrected chi connectivity index (χ4v) is 0.851. The summed E-state index contributed by atoms with van der Waals surface area (Å²) in [7, 11) is 0. The lowest BCUT2D eigenvalue weighted by Gasteiger charge is -1.89. The van der Waals surface area contributed by atoms with Gasteiger partial charge in [0.1, 0.15) is 0 Å². The molecule has 0 saturated carbocycles. The third kappa shape index (κ3) is 7.41. The molecule has 0 aromatic carbocycles. The van der Waals surface area contributed by atoms with Gasteiger partial charge in [-0.15, -0.1) is 0 Å². The fraction of sp³-hybridized carbons (Fsp3) is 0.400. The maximum atomic E-state index is 5.86. The van der Waals surface area contributed by atoms with Crippen molar-refractivity contribution in [2.24, 2.45) is 0 Å². The molecule has 0 spiro atoms. The molecule has 0 atom stereocenters. The monoisotopic (exact) mass is 170 g/mol. The molecule has 0 bridgehead atoms. The van der Waals surface area contributed by atoms with E-state index >= 15 is 0 Å². The molecule has 0 aliphatic rings. The van der Waals surface area contributed by atoms with E-state index in [1.54, 1.807) is 0 Å². The Morgan fingerprint density at radius 3 is 1.82 bits per heavy atom. The second-order valence-electron chi connectivity index (χ2n) is 3.02. The van der Waals surface area contributed by atoms with Crippen molar-refractivity contribution in [2.45, 2.75) is 27.7 Å². The third-order valence-electron chi connectivity index (χ3n) is 1.00. The topological polar surface area (TPSA) is 0 Å². The highest BCUT2D eigenvalue weighted by atomic mass is 35.5. The third-order valence-corrected chi connectivity index (χ3v) is 1.24. The van der Waals surface area contributed by atoms with Gasteiger partial charge in [0.15, 0.2) is 0 Å². The highest BCUT2D eigenvalue weighted by Crippen LogP contribution is 2.07. The molecule has 62 valence electrons. The lowest BCUT2D eigenvalue weighted by atomic mass is 10.2. The molecule has 0 aliphatic carbocycles. The predicted molar refractivity (Wildman–Crippen MR) is 52.8 cm³/mol. The number of allylic oxidation sites excluding steroid dienone is 6. The Morgan fingerprint density at radius 1 is 0.909 bits per heavy atom. The van der Waals surface area contributed by atoms with E-state index in [-0.39, 0.29) is 0 Å². The van der Waals surface area contributed by atoms with Gasteiger partial charge in [-0.25, -0.2) is 0 Å². The summed E-state index contributed by atoms with van der Waals surface area (Å²) in [6.45, 7) is 8.14. The molecule has 1 heteroatoms. The van der Waals surface area contributed by atoms with Crippen LogP contribution in [-0.2, 0) is 0 Å². The van der Waals surface area contributed by atoms with Crippen LogP contribution >= 0.6 is 11.6 Å². The van der Waals surface area contributed by atoms with E-state index in [0.29, 0.717) is 0 Å². The summed E-state index contributed by atoms with van der Waals surface area (Å²) in [5, 5.41) is 0.784. The van der Waals surface area contributed by atoms with Gasteiger partial charge in [-0.05, 0) is 39.8 Å². The van der Waals surface area contributed by atoms with Crippen molar-refractivity contribution >= 4 is 11.6 Å². The first-order chi connectivity index (χ1) is 5.02. The van der Waals surface area contributed by atoms with Gasteiger partial charge in [0.2, 0.25) is 0 Å². The largest absolute Gasteiger partial charge is 0.0843 e. The van der Waals surface area contributed by atoms with Gasteiger partial charge in [0, 0.05) is 5.03 Å². The first-order valence-electron chi connectivity index (χ1n) is 3.68. The number of halogens is 1. The standard InChI is InChI=1S/C10H15Cl/c1-8(2)5-6-10(11)7-9(3)4/h5-7H,1-4H3/b10-6+. The molecule has 0 rings (SSSR count). The minimum absolute atomic E-state index is 0.784. The van der Waals surface area contributed by atoms with Crippen molar-refractivity contribution in [1.29, 1.82) is 0 Å². The van der Waals surface area contributed by atoms with Crippen LogP contribution in [0.4, 0.5) is 0 Å². The van der Waals surface area contributed by atoms with Crippen molar-refractivity contribution in [1.82, 2.24) is 0 Å². The summed E-state index contributed by atoms with van der Waals surface area (Å²) in [6.07, 6.45) is 5.85. The van der Waals surface area contributed by atoms with Gasteiger partial charge in [-0.1, -0.05) is 28.8 Å². The van der Waals surface area contributed by atoms with Crippen LogP contribution in [0.15, 0.2) is 34.4 Å². The van der Waals surface area contributed by atoms with E-state index in [1.807, 2.05) is 45.9 Å². The van der Waals surface area contributed by atoms with Crippen LogP contribution in [0.1, 0.15) is 27.7 Å². The summed E-state index contributed by atoms with van der Waals surface area (Å²) >= 11 is 5.86. The summed E-state index contributed by atoms with van der Waals surface area (Å²) in [5.74, 6) is 0. The molecule has 0 saturated heterocycles. The number of hydrogen-bond acceptors (Lipinski definition) is 0. The van der Waals surface area contributed by atoms with Crippen LogP contribution in [0.5, 0.6) is 0 Å². The second-order valence-corrected chi connectivity index (χ2v) is 3.45. The zero-order valence-electron chi connectivity index (χ0n) is 7.61. The molecule has 0 unspecified atom stereocenters. The molecular formula is C10H15Cl. The molecule has 0 heterocycles. The van der Waals surface area contributed by atoms with Crippen molar-refractivity contribution in [3.63, 3.8) is 0 Å². The molecule has 0 fully saturated rings.